The van der Waals surface area contributed by atoms with E-state index in [1.165, 1.54) is 11.1 Å². The Morgan fingerprint density at radius 1 is 0.900 bits per heavy atom. The van der Waals surface area contributed by atoms with Gasteiger partial charge in [-0.25, -0.2) is 9.97 Å². The molecule has 0 aliphatic heterocycles. The van der Waals surface area contributed by atoms with E-state index >= 15 is 0 Å². The fraction of sp³-hybridized carbons (Fsp3) is 0.375. The van der Waals surface area contributed by atoms with Crippen LogP contribution < -0.4 is 10.6 Å². The molecule has 4 heteroatoms. The highest BCUT2D eigenvalue weighted by Gasteiger charge is 2.05. The van der Waals surface area contributed by atoms with Crippen LogP contribution in [0.4, 0.5) is 11.6 Å². The van der Waals surface area contributed by atoms with Crippen LogP contribution in [0.1, 0.15) is 30.5 Å². The van der Waals surface area contributed by atoms with Gasteiger partial charge in [-0.2, -0.15) is 0 Å². The van der Waals surface area contributed by atoms with E-state index in [1.54, 1.807) is 6.33 Å². The van der Waals surface area contributed by atoms with Crippen molar-refractivity contribution >= 4 is 11.6 Å². The van der Waals surface area contributed by atoms with Gasteiger partial charge in [-0.3, -0.25) is 0 Å². The summed E-state index contributed by atoms with van der Waals surface area (Å²) in [6.45, 7) is 7.88. The molecule has 2 N–H and O–H groups in total. The average molecular weight is 270 g/mol. The first-order chi connectivity index (χ1) is 9.74. The second-order valence-corrected chi connectivity index (χ2v) is 4.75. The fourth-order valence-corrected chi connectivity index (χ4v) is 2.05. The van der Waals surface area contributed by atoms with Gasteiger partial charge < -0.3 is 10.6 Å². The third-order valence-corrected chi connectivity index (χ3v) is 3.32. The maximum atomic E-state index is 4.31. The predicted octanol–water partition coefficient (Wildman–Crippen LogP) is 3.39. The number of nitrogens with zero attached hydrogens (tertiary/aromatic N) is 2. The Kier molecular flexibility index (Phi) is 4.93. The third kappa shape index (κ3) is 3.47. The minimum atomic E-state index is 0.771. The number of nitrogens with one attached hydrogen (secondary N) is 2. The van der Waals surface area contributed by atoms with Gasteiger partial charge in [0.15, 0.2) is 0 Å². The molecule has 0 amide bonds. The molecule has 0 radical (unpaired) electrons. The van der Waals surface area contributed by atoms with Crippen LogP contribution in [-0.4, -0.2) is 16.5 Å². The lowest BCUT2D eigenvalue weighted by Gasteiger charge is -2.12. The van der Waals surface area contributed by atoms with Crippen LogP contribution in [0.5, 0.6) is 0 Å². The highest BCUT2D eigenvalue weighted by atomic mass is 15.1. The highest BCUT2D eigenvalue weighted by molar-refractivity contribution is 5.56. The lowest BCUT2D eigenvalue weighted by atomic mass is 10.1. The molecule has 2 rings (SSSR count). The Morgan fingerprint density at radius 3 is 2.10 bits per heavy atom. The molecule has 106 valence electrons. The van der Waals surface area contributed by atoms with Crippen molar-refractivity contribution in [1.82, 2.24) is 9.97 Å². The molecule has 0 aliphatic rings. The van der Waals surface area contributed by atoms with Crippen LogP contribution >= 0.6 is 0 Å². The number of aromatic nitrogens is 2. The second kappa shape index (κ2) is 6.89. The molecule has 0 saturated heterocycles. The minimum absolute atomic E-state index is 0.771. The maximum Gasteiger partial charge on any atom is 0.134 e. The summed E-state index contributed by atoms with van der Waals surface area (Å²) in [5.74, 6) is 1.78. The van der Waals surface area contributed by atoms with Crippen LogP contribution in [0.25, 0.3) is 0 Å². The zero-order valence-corrected chi connectivity index (χ0v) is 12.4. The first kappa shape index (κ1) is 14.3. The Hall–Kier alpha value is -2.10. The molecule has 0 bridgehead atoms. The zero-order chi connectivity index (χ0) is 14.4. The van der Waals surface area contributed by atoms with Crippen molar-refractivity contribution in [2.24, 2.45) is 0 Å². The van der Waals surface area contributed by atoms with Crippen molar-refractivity contribution in [3.05, 3.63) is 47.3 Å². The molecule has 2 aromatic rings. The van der Waals surface area contributed by atoms with Crippen LogP contribution in [-0.2, 0) is 13.0 Å². The zero-order valence-electron chi connectivity index (χ0n) is 12.4. The van der Waals surface area contributed by atoms with E-state index < -0.39 is 0 Å². The third-order valence-electron chi connectivity index (χ3n) is 3.32. The molecule has 0 saturated carbocycles. The standard InChI is InChI=1S/C16H22N4/c1-4-13-6-8-14(9-7-13)10-18-16-12(3)15(17-5-2)19-11-20-16/h6-9,11H,4-5,10H2,1-3H3,(H2,17,18,19,20). The molecule has 20 heavy (non-hydrogen) atoms. The summed E-state index contributed by atoms with van der Waals surface area (Å²) in [7, 11) is 0. The van der Waals surface area contributed by atoms with Crippen LogP contribution in [0.15, 0.2) is 30.6 Å². The van der Waals surface area contributed by atoms with E-state index in [4.69, 9.17) is 0 Å². The summed E-state index contributed by atoms with van der Waals surface area (Å²) in [4.78, 5) is 8.55. The van der Waals surface area contributed by atoms with E-state index in [9.17, 15) is 0 Å². The molecule has 1 aromatic carbocycles. The average Bonchev–Trinajstić information content (AvgIpc) is 2.49. The smallest absolute Gasteiger partial charge is 0.134 e. The van der Waals surface area contributed by atoms with Crippen molar-refractivity contribution in [3.63, 3.8) is 0 Å². The largest absolute Gasteiger partial charge is 0.370 e. The number of benzene rings is 1. The Labute approximate surface area is 120 Å². The first-order valence-electron chi connectivity index (χ1n) is 7.11. The van der Waals surface area contributed by atoms with Gasteiger partial charge in [0.05, 0.1) is 0 Å². The predicted molar refractivity (Wildman–Crippen MR) is 84.1 cm³/mol. The summed E-state index contributed by atoms with van der Waals surface area (Å²) >= 11 is 0. The normalized spacial score (nSPS) is 10.3. The van der Waals surface area contributed by atoms with Gasteiger partial charge in [-0.15, -0.1) is 0 Å². The van der Waals surface area contributed by atoms with Gasteiger partial charge in [0, 0.05) is 18.7 Å². The molecule has 1 heterocycles. The van der Waals surface area contributed by atoms with E-state index in [1.807, 2.05) is 6.92 Å². The van der Waals surface area contributed by atoms with Crippen molar-refractivity contribution in [1.29, 1.82) is 0 Å². The van der Waals surface area contributed by atoms with Gasteiger partial charge in [-0.1, -0.05) is 31.2 Å². The van der Waals surface area contributed by atoms with E-state index in [2.05, 4.69) is 58.7 Å². The van der Waals surface area contributed by atoms with E-state index in [-0.39, 0.29) is 0 Å². The van der Waals surface area contributed by atoms with Gasteiger partial charge in [0.1, 0.15) is 18.0 Å². The second-order valence-electron chi connectivity index (χ2n) is 4.75. The molecule has 0 atom stereocenters. The molecule has 0 aliphatic carbocycles. The van der Waals surface area contributed by atoms with E-state index in [0.717, 1.165) is 36.7 Å². The molecule has 0 fully saturated rings. The lowest BCUT2D eigenvalue weighted by Crippen LogP contribution is -2.08. The molecule has 0 unspecified atom stereocenters. The Balaban J connectivity index is 2.04. The van der Waals surface area contributed by atoms with Crippen molar-refractivity contribution in [2.75, 3.05) is 17.2 Å². The Morgan fingerprint density at radius 2 is 1.50 bits per heavy atom. The van der Waals surface area contributed by atoms with Crippen LogP contribution in [0.2, 0.25) is 0 Å². The molecule has 0 spiro atoms. The van der Waals surface area contributed by atoms with Crippen LogP contribution in [0, 0.1) is 6.92 Å². The molecular formula is C16H22N4. The summed E-state index contributed by atoms with van der Waals surface area (Å²) in [5.41, 5.74) is 3.67. The topological polar surface area (TPSA) is 49.8 Å². The summed E-state index contributed by atoms with van der Waals surface area (Å²) in [6, 6.07) is 8.67. The Bertz CT molecular complexity index is 549. The van der Waals surface area contributed by atoms with Gasteiger partial charge in [0.2, 0.25) is 0 Å². The highest BCUT2D eigenvalue weighted by Crippen LogP contribution is 2.18. The monoisotopic (exact) mass is 270 g/mol. The van der Waals surface area contributed by atoms with Gasteiger partial charge >= 0.3 is 0 Å². The number of hydrogen-bond acceptors (Lipinski definition) is 4. The number of rotatable bonds is 6. The van der Waals surface area contributed by atoms with Gasteiger partial charge in [0.25, 0.3) is 0 Å². The molecular weight excluding hydrogens is 248 g/mol. The van der Waals surface area contributed by atoms with Crippen molar-refractivity contribution in [3.8, 4) is 0 Å². The molecule has 1 aromatic heterocycles. The van der Waals surface area contributed by atoms with Gasteiger partial charge in [-0.05, 0) is 31.4 Å². The lowest BCUT2D eigenvalue weighted by molar-refractivity contribution is 1.04. The van der Waals surface area contributed by atoms with Crippen LogP contribution in [0.3, 0.4) is 0 Å². The first-order valence-corrected chi connectivity index (χ1v) is 7.11. The van der Waals surface area contributed by atoms with Crippen molar-refractivity contribution in [2.45, 2.75) is 33.7 Å². The summed E-state index contributed by atoms with van der Waals surface area (Å²) in [5, 5.41) is 6.61. The number of anilines is 2. The number of hydrogen-bond donors (Lipinski definition) is 2. The fourth-order valence-electron chi connectivity index (χ4n) is 2.05. The summed E-state index contributed by atoms with van der Waals surface area (Å²) < 4.78 is 0. The van der Waals surface area contributed by atoms with Crippen molar-refractivity contribution < 1.29 is 0 Å². The summed E-state index contributed by atoms with van der Waals surface area (Å²) in [6.07, 6.45) is 2.66. The maximum absolute atomic E-state index is 4.31. The number of aryl methyl sites for hydroxylation is 1. The quantitative estimate of drug-likeness (QED) is 0.844. The molecule has 4 nitrogen and oxygen atoms in total. The minimum Gasteiger partial charge on any atom is -0.370 e. The van der Waals surface area contributed by atoms with E-state index in [0.29, 0.717) is 0 Å². The SMILES string of the molecule is CCNc1ncnc(NCc2ccc(CC)cc2)c1C.